The van der Waals surface area contributed by atoms with E-state index in [9.17, 15) is 4.79 Å². The average Bonchev–Trinajstić information content (AvgIpc) is 2.59. The van der Waals surface area contributed by atoms with Crippen molar-refractivity contribution < 1.29 is 19.0 Å². The second-order valence-electron chi connectivity index (χ2n) is 4.51. The van der Waals surface area contributed by atoms with E-state index in [1.165, 1.54) is 13.2 Å². The smallest absolute Gasteiger partial charge is 0.331 e. The van der Waals surface area contributed by atoms with E-state index in [0.29, 0.717) is 5.75 Å². The van der Waals surface area contributed by atoms with Gasteiger partial charge in [0.05, 0.1) is 21.3 Å². The summed E-state index contributed by atoms with van der Waals surface area (Å²) in [7, 11) is 4.57. The highest BCUT2D eigenvalue weighted by molar-refractivity contribution is 5.97. The number of carbonyl (C=O) groups excluding carboxylic acids is 1. The van der Waals surface area contributed by atoms with Crippen LogP contribution in [0.25, 0.3) is 5.57 Å². The Labute approximate surface area is 129 Å². The van der Waals surface area contributed by atoms with Crippen LogP contribution in [0.2, 0.25) is 0 Å². The first-order chi connectivity index (χ1) is 10.7. The van der Waals surface area contributed by atoms with Gasteiger partial charge in [0.15, 0.2) is 0 Å². The fourth-order valence-electron chi connectivity index (χ4n) is 2.13. The molecule has 0 saturated carbocycles. The molecule has 0 bridgehead atoms. The molecule has 22 heavy (non-hydrogen) atoms. The first kappa shape index (κ1) is 15.6. The molecule has 0 N–H and O–H groups in total. The van der Waals surface area contributed by atoms with Crippen LogP contribution in [0.1, 0.15) is 11.1 Å². The molecule has 0 aromatic heterocycles. The number of para-hydroxylation sites is 1. The zero-order chi connectivity index (χ0) is 15.9. The summed E-state index contributed by atoms with van der Waals surface area (Å²) in [4.78, 5) is 11.7. The minimum atomic E-state index is -0.420. The molecule has 4 nitrogen and oxygen atoms in total. The SMILES string of the molecule is COC(=O)/C=C(\c1ccc(OC)cc1)c1ccccc1OC. The maximum atomic E-state index is 11.7. The Morgan fingerprint density at radius 3 is 2.18 bits per heavy atom. The highest BCUT2D eigenvalue weighted by Gasteiger charge is 2.12. The Bertz CT molecular complexity index is 672. The van der Waals surface area contributed by atoms with E-state index in [2.05, 4.69) is 0 Å². The zero-order valence-electron chi connectivity index (χ0n) is 12.8. The lowest BCUT2D eigenvalue weighted by atomic mass is 9.96. The molecule has 0 spiro atoms. The lowest BCUT2D eigenvalue weighted by molar-refractivity contribution is -0.134. The maximum absolute atomic E-state index is 11.7. The summed E-state index contributed by atoms with van der Waals surface area (Å²) in [5.41, 5.74) is 2.42. The van der Waals surface area contributed by atoms with Gasteiger partial charge in [-0.1, -0.05) is 30.3 Å². The Morgan fingerprint density at radius 1 is 0.909 bits per heavy atom. The van der Waals surface area contributed by atoms with Gasteiger partial charge in [-0.05, 0) is 29.3 Å². The van der Waals surface area contributed by atoms with E-state index in [1.807, 2.05) is 48.5 Å². The molecule has 0 amide bonds. The van der Waals surface area contributed by atoms with E-state index < -0.39 is 5.97 Å². The van der Waals surface area contributed by atoms with E-state index in [-0.39, 0.29) is 0 Å². The third-order valence-electron chi connectivity index (χ3n) is 3.26. The lowest BCUT2D eigenvalue weighted by Gasteiger charge is -2.13. The molecule has 0 aliphatic rings. The summed E-state index contributed by atoms with van der Waals surface area (Å²) in [5, 5.41) is 0. The van der Waals surface area contributed by atoms with E-state index >= 15 is 0 Å². The van der Waals surface area contributed by atoms with Crippen molar-refractivity contribution in [3.63, 3.8) is 0 Å². The average molecular weight is 298 g/mol. The number of rotatable bonds is 5. The molecule has 4 heteroatoms. The molecule has 2 aromatic carbocycles. The minimum absolute atomic E-state index is 0.420. The molecule has 0 atom stereocenters. The van der Waals surface area contributed by atoms with Gasteiger partial charge in [-0.3, -0.25) is 0 Å². The minimum Gasteiger partial charge on any atom is -0.497 e. The van der Waals surface area contributed by atoms with Crippen molar-refractivity contribution in [2.75, 3.05) is 21.3 Å². The summed E-state index contributed by atoms with van der Waals surface area (Å²) in [6.07, 6.45) is 1.46. The third-order valence-corrected chi connectivity index (χ3v) is 3.26. The number of hydrogen-bond acceptors (Lipinski definition) is 4. The molecule has 0 aliphatic heterocycles. The number of carbonyl (C=O) groups is 1. The van der Waals surface area contributed by atoms with Crippen molar-refractivity contribution in [1.29, 1.82) is 0 Å². The number of methoxy groups -OCH3 is 3. The van der Waals surface area contributed by atoms with Crippen LogP contribution in [0.3, 0.4) is 0 Å². The fourth-order valence-corrected chi connectivity index (χ4v) is 2.13. The van der Waals surface area contributed by atoms with Crippen molar-refractivity contribution in [2.45, 2.75) is 0 Å². The van der Waals surface area contributed by atoms with Gasteiger partial charge in [-0.25, -0.2) is 4.79 Å². The fraction of sp³-hybridized carbons (Fsp3) is 0.167. The number of hydrogen-bond donors (Lipinski definition) is 0. The second-order valence-corrected chi connectivity index (χ2v) is 4.51. The normalized spacial score (nSPS) is 11.0. The van der Waals surface area contributed by atoms with Gasteiger partial charge in [0.1, 0.15) is 11.5 Å². The Hall–Kier alpha value is -2.75. The van der Waals surface area contributed by atoms with Crippen molar-refractivity contribution in [2.24, 2.45) is 0 Å². The van der Waals surface area contributed by atoms with Gasteiger partial charge < -0.3 is 14.2 Å². The van der Waals surface area contributed by atoms with Gasteiger partial charge >= 0.3 is 5.97 Å². The summed E-state index contributed by atoms with van der Waals surface area (Å²) >= 11 is 0. The van der Waals surface area contributed by atoms with Crippen LogP contribution >= 0.6 is 0 Å². The van der Waals surface area contributed by atoms with Gasteiger partial charge in [0, 0.05) is 11.6 Å². The molecule has 2 rings (SSSR count). The summed E-state index contributed by atoms with van der Waals surface area (Å²) in [5.74, 6) is 1.02. The van der Waals surface area contributed by atoms with Crippen molar-refractivity contribution >= 4 is 11.5 Å². The predicted molar refractivity (Wildman–Crippen MR) is 85.1 cm³/mol. The number of benzene rings is 2. The van der Waals surface area contributed by atoms with Gasteiger partial charge in [-0.2, -0.15) is 0 Å². The van der Waals surface area contributed by atoms with Gasteiger partial charge in [-0.15, -0.1) is 0 Å². The molecule has 0 heterocycles. The molecule has 0 radical (unpaired) electrons. The van der Waals surface area contributed by atoms with Crippen LogP contribution in [0, 0.1) is 0 Å². The highest BCUT2D eigenvalue weighted by Crippen LogP contribution is 2.31. The summed E-state index contributed by atoms with van der Waals surface area (Å²) in [6, 6.07) is 15.0. The highest BCUT2D eigenvalue weighted by atomic mass is 16.5. The molecule has 0 saturated heterocycles. The summed E-state index contributed by atoms with van der Waals surface area (Å²) in [6.45, 7) is 0. The van der Waals surface area contributed by atoms with Crippen LogP contribution in [0.15, 0.2) is 54.6 Å². The first-order valence-electron chi connectivity index (χ1n) is 6.77. The monoisotopic (exact) mass is 298 g/mol. The first-order valence-corrected chi connectivity index (χ1v) is 6.77. The molecule has 114 valence electrons. The van der Waals surface area contributed by atoms with Crippen molar-refractivity contribution in [3.8, 4) is 11.5 Å². The van der Waals surface area contributed by atoms with Gasteiger partial charge in [0.2, 0.25) is 0 Å². The Morgan fingerprint density at radius 2 is 1.59 bits per heavy atom. The molecule has 0 aliphatic carbocycles. The van der Waals surface area contributed by atoms with E-state index in [0.717, 1.165) is 22.4 Å². The van der Waals surface area contributed by atoms with E-state index in [4.69, 9.17) is 14.2 Å². The van der Waals surface area contributed by atoms with Gasteiger partial charge in [0.25, 0.3) is 0 Å². The number of ether oxygens (including phenoxy) is 3. The number of esters is 1. The van der Waals surface area contributed by atoms with Crippen molar-refractivity contribution in [1.82, 2.24) is 0 Å². The van der Waals surface area contributed by atoms with Crippen LogP contribution in [0.5, 0.6) is 11.5 Å². The molecular weight excluding hydrogens is 280 g/mol. The van der Waals surface area contributed by atoms with Crippen molar-refractivity contribution in [3.05, 3.63) is 65.7 Å². The maximum Gasteiger partial charge on any atom is 0.331 e. The molecule has 2 aromatic rings. The van der Waals surface area contributed by atoms with Crippen LogP contribution < -0.4 is 9.47 Å². The van der Waals surface area contributed by atoms with E-state index in [1.54, 1.807) is 14.2 Å². The lowest BCUT2D eigenvalue weighted by Crippen LogP contribution is -2.00. The molecular formula is C18H18O4. The zero-order valence-corrected chi connectivity index (χ0v) is 12.8. The summed E-state index contributed by atoms with van der Waals surface area (Å²) < 4.78 is 15.3. The van der Waals surface area contributed by atoms with Crippen LogP contribution in [0.4, 0.5) is 0 Å². The van der Waals surface area contributed by atoms with Crippen LogP contribution in [-0.2, 0) is 9.53 Å². The topological polar surface area (TPSA) is 44.8 Å². The Balaban J connectivity index is 2.55. The molecule has 0 unspecified atom stereocenters. The standard InChI is InChI=1S/C18H18O4/c1-20-14-10-8-13(9-11-14)16(12-18(19)22-3)15-6-4-5-7-17(15)21-2/h4-12H,1-3H3/b16-12+. The predicted octanol–water partition coefficient (Wildman–Crippen LogP) is 3.31. The molecule has 0 fully saturated rings. The van der Waals surface area contributed by atoms with Crippen LogP contribution in [-0.4, -0.2) is 27.3 Å². The Kier molecular flexibility index (Phi) is 5.20. The second kappa shape index (κ2) is 7.31. The quantitative estimate of drug-likeness (QED) is 0.627. The largest absolute Gasteiger partial charge is 0.497 e. The third kappa shape index (κ3) is 3.47.